The van der Waals surface area contributed by atoms with Gasteiger partial charge in [-0.05, 0) is 17.7 Å². The Kier molecular flexibility index (Phi) is 3.63. The zero-order valence-electron chi connectivity index (χ0n) is 13.4. The zero-order chi connectivity index (χ0) is 18.6. The highest BCUT2D eigenvalue weighted by Gasteiger charge is 2.40. The van der Waals surface area contributed by atoms with Crippen molar-refractivity contribution in [2.24, 2.45) is 7.05 Å². The summed E-state index contributed by atoms with van der Waals surface area (Å²) in [5.74, 6) is 0. The number of para-hydroxylation sites is 1. The number of benzene rings is 2. The summed E-state index contributed by atoms with van der Waals surface area (Å²) in [5.41, 5.74) is -1.91. The van der Waals surface area contributed by atoms with Crippen LogP contribution in [-0.4, -0.2) is 4.57 Å². The first kappa shape index (κ1) is 16.7. The third-order valence-corrected chi connectivity index (χ3v) is 4.65. The minimum absolute atomic E-state index is 0.0850. The van der Waals surface area contributed by atoms with Crippen molar-refractivity contribution < 1.29 is 17.6 Å². The van der Waals surface area contributed by atoms with Crippen molar-refractivity contribution in [3.8, 4) is 11.1 Å². The molecule has 132 valence electrons. The maximum absolute atomic E-state index is 13.7. The van der Waals surface area contributed by atoms with E-state index in [-0.39, 0.29) is 22.2 Å². The van der Waals surface area contributed by atoms with Crippen LogP contribution in [-0.2, 0) is 13.2 Å². The van der Waals surface area contributed by atoms with Crippen LogP contribution in [0.3, 0.4) is 0 Å². The standard InChI is InChI=1S/C19H11ClF3NO2/c1-24-15-11(8-5-9-12(15)20)17-16(24)13(10-6-3-2-4-7-10)14(18(25)26-17)19(21,22)23/h2-9H,1H3. The van der Waals surface area contributed by atoms with Gasteiger partial charge in [-0.3, -0.25) is 0 Å². The molecule has 0 saturated carbocycles. The highest BCUT2D eigenvalue weighted by Crippen LogP contribution is 2.42. The van der Waals surface area contributed by atoms with Gasteiger partial charge in [0.25, 0.3) is 0 Å². The van der Waals surface area contributed by atoms with E-state index in [1.54, 1.807) is 43.4 Å². The monoisotopic (exact) mass is 377 g/mol. The van der Waals surface area contributed by atoms with Gasteiger partial charge in [-0.1, -0.05) is 48.0 Å². The van der Waals surface area contributed by atoms with Gasteiger partial charge < -0.3 is 8.98 Å². The maximum Gasteiger partial charge on any atom is 0.424 e. The number of hydrogen-bond donors (Lipinski definition) is 0. The van der Waals surface area contributed by atoms with Crippen LogP contribution >= 0.6 is 11.6 Å². The van der Waals surface area contributed by atoms with Gasteiger partial charge in [0, 0.05) is 18.0 Å². The Morgan fingerprint density at radius 3 is 2.35 bits per heavy atom. The smallest absolute Gasteiger partial charge is 0.420 e. The van der Waals surface area contributed by atoms with Crippen molar-refractivity contribution in [3.63, 3.8) is 0 Å². The normalized spacial score (nSPS) is 12.2. The summed E-state index contributed by atoms with van der Waals surface area (Å²) in [5, 5.41) is 0.842. The second kappa shape index (κ2) is 5.64. The largest absolute Gasteiger partial charge is 0.424 e. The highest BCUT2D eigenvalue weighted by molar-refractivity contribution is 6.36. The molecule has 0 aliphatic carbocycles. The van der Waals surface area contributed by atoms with Crippen LogP contribution in [0.15, 0.2) is 57.7 Å². The molecule has 0 amide bonds. The summed E-state index contributed by atoms with van der Waals surface area (Å²) < 4.78 is 47.7. The van der Waals surface area contributed by atoms with E-state index in [0.717, 1.165) is 0 Å². The van der Waals surface area contributed by atoms with Gasteiger partial charge in [0.1, 0.15) is 0 Å². The van der Waals surface area contributed by atoms with Gasteiger partial charge in [-0.25, -0.2) is 4.79 Å². The average molecular weight is 378 g/mol. The molecule has 2 aromatic heterocycles. The van der Waals surface area contributed by atoms with Crippen molar-refractivity contribution in [2.45, 2.75) is 6.18 Å². The molecule has 2 aromatic carbocycles. The Bertz CT molecular complexity index is 1210. The lowest BCUT2D eigenvalue weighted by molar-refractivity contribution is -0.139. The molecule has 0 N–H and O–H groups in total. The predicted molar refractivity (Wildman–Crippen MR) is 94.4 cm³/mol. The molecule has 0 spiro atoms. The third-order valence-electron chi connectivity index (χ3n) is 4.35. The quantitative estimate of drug-likeness (QED) is 0.431. The highest BCUT2D eigenvalue weighted by atomic mass is 35.5. The molecule has 3 nitrogen and oxygen atoms in total. The van der Waals surface area contributed by atoms with E-state index >= 15 is 0 Å². The molecular formula is C19H11ClF3NO2. The van der Waals surface area contributed by atoms with Gasteiger partial charge in [-0.15, -0.1) is 0 Å². The van der Waals surface area contributed by atoms with E-state index in [0.29, 0.717) is 15.9 Å². The van der Waals surface area contributed by atoms with Crippen molar-refractivity contribution in [3.05, 3.63) is 69.5 Å². The Labute approximate surface area is 150 Å². The number of halogens is 4. The fourth-order valence-corrected chi connectivity index (χ4v) is 3.62. The lowest BCUT2D eigenvalue weighted by Crippen LogP contribution is -2.20. The summed E-state index contributed by atoms with van der Waals surface area (Å²) in [7, 11) is 1.60. The second-order valence-corrected chi connectivity index (χ2v) is 6.28. The molecule has 26 heavy (non-hydrogen) atoms. The number of aryl methyl sites for hydroxylation is 1. The topological polar surface area (TPSA) is 35.1 Å². The Morgan fingerprint density at radius 1 is 1.00 bits per heavy atom. The van der Waals surface area contributed by atoms with E-state index in [9.17, 15) is 18.0 Å². The number of aromatic nitrogens is 1. The molecule has 0 fully saturated rings. The molecule has 4 aromatic rings. The SMILES string of the molecule is Cn1c2c(Cl)cccc2c2oc(=O)c(C(F)(F)F)c(-c3ccccc3)c21. The third kappa shape index (κ3) is 2.33. The van der Waals surface area contributed by atoms with Crippen LogP contribution < -0.4 is 5.63 Å². The molecular weight excluding hydrogens is 367 g/mol. The van der Waals surface area contributed by atoms with Crippen LogP contribution in [0.5, 0.6) is 0 Å². The molecule has 2 heterocycles. The predicted octanol–water partition coefficient (Wildman–Crippen LogP) is 5.62. The zero-order valence-corrected chi connectivity index (χ0v) is 14.2. The molecule has 0 aliphatic rings. The number of rotatable bonds is 1. The van der Waals surface area contributed by atoms with E-state index in [1.165, 1.54) is 16.7 Å². The summed E-state index contributed by atoms with van der Waals surface area (Å²) in [6.07, 6.45) is -4.86. The van der Waals surface area contributed by atoms with Crippen molar-refractivity contribution >= 4 is 33.6 Å². The second-order valence-electron chi connectivity index (χ2n) is 5.88. The van der Waals surface area contributed by atoms with Crippen LogP contribution in [0.2, 0.25) is 5.02 Å². The molecule has 7 heteroatoms. The Hall–Kier alpha value is -2.73. The Morgan fingerprint density at radius 2 is 1.69 bits per heavy atom. The first-order valence-corrected chi connectivity index (χ1v) is 8.05. The Balaban J connectivity index is 2.33. The number of fused-ring (bicyclic) bond motifs is 3. The summed E-state index contributed by atoms with van der Waals surface area (Å²) in [6.45, 7) is 0. The lowest BCUT2D eigenvalue weighted by atomic mass is 10.00. The first-order chi connectivity index (χ1) is 12.3. The van der Waals surface area contributed by atoms with Crippen molar-refractivity contribution in [1.82, 2.24) is 4.57 Å². The average Bonchev–Trinajstić information content (AvgIpc) is 2.87. The van der Waals surface area contributed by atoms with E-state index < -0.39 is 17.4 Å². The van der Waals surface area contributed by atoms with Gasteiger partial charge in [-0.2, -0.15) is 13.2 Å². The fourth-order valence-electron chi connectivity index (χ4n) is 3.32. The van der Waals surface area contributed by atoms with E-state index in [2.05, 4.69) is 0 Å². The van der Waals surface area contributed by atoms with Gasteiger partial charge >= 0.3 is 11.8 Å². The maximum atomic E-state index is 13.7. The van der Waals surface area contributed by atoms with Crippen LogP contribution in [0, 0.1) is 0 Å². The minimum Gasteiger partial charge on any atom is -0.420 e. The van der Waals surface area contributed by atoms with Gasteiger partial charge in [0.15, 0.2) is 11.1 Å². The molecule has 4 rings (SSSR count). The first-order valence-electron chi connectivity index (χ1n) is 7.67. The van der Waals surface area contributed by atoms with E-state index in [1.807, 2.05) is 0 Å². The number of hydrogen-bond acceptors (Lipinski definition) is 2. The van der Waals surface area contributed by atoms with Gasteiger partial charge in [0.05, 0.1) is 16.1 Å². The molecule has 0 bridgehead atoms. The van der Waals surface area contributed by atoms with Crippen molar-refractivity contribution in [1.29, 1.82) is 0 Å². The molecule has 0 radical (unpaired) electrons. The van der Waals surface area contributed by atoms with Crippen LogP contribution in [0.1, 0.15) is 5.56 Å². The molecule has 0 aliphatic heterocycles. The summed E-state index contributed by atoms with van der Waals surface area (Å²) in [4.78, 5) is 12.3. The lowest BCUT2D eigenvalue weighted by Gasteiger charge is -2.13. The van der Waals surface area contributed by atoms with Crippen LogP contribution in [0.4, 0.5) is 13.2 Å². The fraction of sp³-hybridized carbons (Fsp3) is 0.105. The van der Waals surface area contributed by atoms with Crippen molar-refractivity contribution in [2.75, 3.05) is 0 Å². The number of nitrogens with zero attached hydrogens (tertiary/aromatic N) is 1. The molecule has 0 atom stereocenters. The number of alkyl halides is 3. The van der Waals surface area contributed by atoms with E-state index in [4.69, 9.17) is 16.0 Å². The minimum atomic E-state index is -4.86. The summed E-state index contributed by atoms with van der Waals surface area (Å²) in [6, 6.07) is 12.9. The molecule has 0 saturated heterocycles. The molecule has 0 unspecified atom stereocenters. The van der Waals surface area contributed by atoms with Gasteiger partial charge in [0.2, 0.25) is 0 Å². The summed E-state index contributed by atoms with van der Waals surface area (Å²) >= 11 is 6.24. The van der Waals surface area contributed by atoms with Crippen LogP contribution in [0.25, 0.3) is 33.1 Å².